The van der Waals surface area contributed by atoms with E-state index in [0.29, 0.717) is 11.5 Å². The second kappa shape index (κ2) is 5.38. The maximum Gasteiger partial charge on any atom is 0.185 e. The molecule has 4 rings (SSSR count). The molecule has 0 saturated carbocycles. The van der Waals surface area contributed by atoms with E-state index in [4.69, 9.17) is 5.73 Å². The van der Waals surface area contributed by atoms with Gasteiger partial charge >= 0.3 is 0 Å². The van der Waals surface area contributed by atoms with Crippen LogP contribution in [0.25, 0.3) is 28.3 Å². The number of hydrogen-bond donors (Lipinski definition) is 1. The summed E-state index contributed by atoms with van der Waals surface area (Å²) in [5.74, 6) is -0.904. The van der Waals surface area contributed by atoms with Crippen molar-refractivity contribution in [2.45, 2.75) is 0 Å². The van der Waals surface area contributed by atoms with Gasteiger partial charge in [-0.2, -0.15) is 4.52 Å². The van der Waals surface area contributed by atoms with Crippen molar-refractivity contribution in [3.8, 4) is 22.6 Å². The fourth-order valence-corrected chi connectivity index (χ4v) is 2.48. The summed E-state index contributed by atoms with van der Waals surface area (Å²) in [5, 5.41) is 4.21. The third-order valence-corrected chi connectivity index (χ3v) is 3.60. The summed E-state index contributed by atoms with van der Waals surface area (Å²) in [7, 11) is 0. The van der Waals surface area contributed by atoms with Crippen LogP contribution in [0.15, 0.2) is 54.7 Å². The maximum atomic E-state index is 13.9. The van der Waals surface area contributed by atoms with E-state index in [9.17, 15) is 8.78 Å². The van der Waals surface area contributed by atoms with E-state index < -0.39 is 11.6 Å². The molecule has 0 fully saturated rings. The fourth-order valence-electron chi connectivity index (χ4n) is 2.48. The van der Waals surface area contributed by atoms with E-state index in [1.165, 1.54) is 10.6 Å². The SMILES string of the molecule is Nc1cc(-c2ccccn2)cc2nc(-c3ccc(F)cc3F)nn12. The van der Waals surface area contributed by atoms with Gasteiger partial charge in [0.15, 0.2) is 11.5 Å². The predicted molar refractivity (Wildman–Crippen MR) is 86.0 cm³/mol. The predicted octanol–water partition coefficient (Wildman–Crippen LogP) is 3.32. The Labute approximate surface area is 135 Å². The van der Waals surface area contributed by atoms with Crippen molar-refractivity contribution >= 4 is 11.5 Å². The molecule has 0 atom stereocenters. The van der Waals surface area contributed by atoms with Crippen molar-refractivity contribution in [3.05, 3.63) is 66.4 Å². The van der Waals surface area contributed by atoms with Gasteiger partial charge in [0.1, 0.15) is 17.5 Å². The zero-order valence-corrected chi connectivity index (χ0v) is 12.3. The molecule has 0 aliphatic rings. The number of nitrogens with two attached hydrogens (primary N) is 1. The van der Waals surface area contributed by atoms with Gasteiger partial charge < -0.3 is 5.73 Å². The summed E-state index contributed by atoms with van der Waals surface area (Å²) in [5.41, 5.74) is 8.11. The van der Waals surface area contributed by atoms with Crippen molar-refractivity contribution in [1.82, 2.24) is 19.6 Å². The van der Waals surface area contributed by atoms with E-state index in [1.54, 1.807) is 18.3 Å². The molecule has 0 bridgehead atoms. The van der Waals surface area contributed by atoms with Crippen LogP contribution in [0.1, 0.15) is 0 Å². The highest BCUT2D eigenvalue weighted by Gasteiger charge is 2.14. The minimum atomic E-state index is -0.727. The van der Waals surface area contributed by atoms with Crippen LogP contribution in [-0.4, -0.2) is 19.6 Å². The van der Waals surface area contributed by atoms with E-state index in [0.717, 1.165) is 23.4 Å². The van der Waals surface area contributed by atoms with Crippen LogP contribution in [0, 0.1) is 11.6 Å². The Hall–Kier alpha value is -3.35. The van der Waals surface area contributed by atoms with Gasteiger partial charge in [0.2, 0.25) is 0 Å². The van der Waals surface area contributed by atoms with E-state index >= 15 is 0 Å². The quantitative estimate of drug-likeness (QED) is 0.614. The zero-order chi connectivity index (χ0) is 16.7. The number of fused-ring (bicyclic) bond motifs is 1. The van der Waals surface area contributed by atoms with Crippen LogP contribution >= 0.6 is 0 Å². The number of benzene rings is 1. The lowest BCUT2D eigenvalue weighted by Crippen LogP contribution is -1.99. The molecule has 118 valence electrons. The van der Waals surface area contributed by atoms with Gasteiger partial charge in [0.05, 0.1) is 11.3 Å². The molecular weight excluding hydrogens is 312 g/mol. The van der Waals surface area contributed by atoms with Gasteiger partial charge in [-0.1, -0.05) is 6.07 Å². The lowest BCUT2D eigenvalue weighted by Gasteiger charge is -2.03. The third kappa shape index (κ3) is 2.36. The standard InChI is InChI=1S/C17H11F2N5/c18-11-4-5-12(13(19)9-11)17-22-16-8-10(7-15(20)24(16)23-17)14-3-1-2-6-21-14/h1-9H,20H2. The number of halogens is 2. The lowest BCUT2D eigenvalue weighted by molar-refractivity contribution is 0.585. The molecule has 3 heterocycles. The van der Waals surface area contributed by atoms with E-state index in [1.807, 2.05) is 18.2 Å². The average Bonchev–Trinajstić information content (AvgIpc) is 3.00. The summed E-state index contributed by atoms with van der Waals surface area (Å²) < 4.78 is 28.4. The third-order valence-electron chi connectivity index (χ3n) is 3.60. The second-order valence-electron chi connectivity index (χ2n) is 5.21. The Bertz CT molecular complexity index is 1040. The smallest absolute Gasteiger partial charge is 0.185 e. The molecule has 5 nitrogen and oxygen atoms in total. The summed E-state index contributed by atoms with van der Waals surface area (Å²) in [6, 6.07) is 12.3. The van der Waals surface area contributed by atoms with Gasteiger partial charge in [-0.3, -0.25) is 4.98 Å². The largest absolute Gasteiger partial charge is 0.384 e. The highest BCUT2D eigenvalue weighted by molar-refractivity contribution is 5.70. The van der Waals surface area contributed by atoms with Crippen LogP contribution in [0.5, 0.6) is 0 Å². The molecule has 3 aromatic heterocycles. The van der Waals surface area contributed by atoms with Crippen LogP contribution in [-0.2, 0) is 0 Å². The Kier molecular flexibility index (Phi) is 3.19. The molecule has 0 amide bonds. The van der Waals surface area contributed by atoms with Crippen LogP contribution in [0.2, 0.25) is 0 Å². The van der Waals surface area contributed by atoms with Gasteiger partial charge in [0, 0.05) is 17.8 Å². The molecule has 0 aliphatic heterocycles. The molecule has 0 saturated heterocycles. The van der Waals surface area contributed by atoms with Crippen molar-refractivity contribution in [2.75, 3.05) is 5.73 Å². The molecule has 0 aliphatic carbocycles. The fraction of sp³-hybridized carbons (Fsp3) is 0. The Balaban J connectivity index is 1.88. The lowest BCUT2D eigenvalue weighted by atomic mass is 10.1. The summed E-state index contributed by atoms with van der Waals surface area (Å²) in [4.78, 5) is 8.57. The molecule has 2 N–H and O–H groups in total. The topological polar surface area (TPSA) is 69.1 Å². The number of anilines is 1. The van der Waals surface area contributed by atoms with Crippen molar-refractivity contribution in [2.24, 2.45) is 0 Å². The number of pyridine rings is 2. The maximum absolute atomic E-state index is 13.9. The normalized spacial score (nSPS) is 11.1. The zero-order valence-electron chi connectivity index (χ0n) is 12.3. The average molecular weight is 323 g/mol. The van der Waals surface area contributed by atoms with Gasteiger partial charge in [-0.15, -0.1) is 5.10 Å². The van der Waals surface area contributed by atoms with Crippen LogP contribution in [0.3, 0.4) is 0 Å². The van der Waals surface area contributed by atoms with Crippen LogP contribution in [0.4, 0.5) is 14.6 Å². The molecular formula is C17H11F2N5. The number of nitrogens with zero attached hydrogens (tertiary/aromatic N) is 4. The molecule has 0 radical (unpaired) electrons. The Morgan fingerprint density at radius 2 is 1.88 bits per heavy atom. The van der Waals surface area contributed by atoms with Crippen LogP contribution < -0.4 is 5.73 Å². The molecule has 1 aromatic carbocycles. The summed E-state index contributed by atoms with van der Waals surface area (Å²) >= 11 is 0. The molecule has 0 spiro atoms. The Morgan fingerprint density at radius 1 is 1.00 bits per heavy atom. The number of nitrogen functional groups attached to an aromatic ring is 1. The van der Waals surface area contributed by atoms with Crippen molar-refractivity contribution < 1.29 is 8.78 Å². The first kappa shape index (κ1) is 14.3. The first-order chi connectivity index (χ1) is 11.6. The second-order valence-corrected chi connectivity index (χ2v) is 5.21. The van der Waals surface area contributed by atoms with E-state index in [2.05, 4.69) is 15.1 Å². The molecule has 0 unspecified atom stereocenters. The van der Waals surface area contributed by atoms with E-state index in [-0.39, 0.29) is 11.4 Å². The highest BCUT2D eigenvalue weighted by atomic mass is 19.1. The molecule has 24 heavy (non-hydrogen) atoms. The van der Waals surface area contributed by atoms with Gasteiger partial charge in [0.25, 0.3) is 0 Å². The number of hydrogen-bond acceptors (Lipinski definition) is 4. The van der Waals surface area contributed by atoms with Gasteiger partial charge in [-0.05, 0) is 36.4 Å². The Morgan fingerprint density at radius 3 is 2.62 bits per heavy atom. The first-order valence-corrected chi connectivity index (χ1v) is 7.15. The van der Waals surface area contributed by atoms with Crippen molar-refractivity contribution in [3.63, 3.8) is 0 Å². The molecule has 4 aromatic rings. The summed E-state index contributed by atoms with van der Waals surface area (Å²) in [6.07, 6.45) is 1.68. The molecule has 7 heteroatoms. The number of rotatable bonds is 2. The van der Waals surface area contributed by atoms with Gasteiger partial charge in [-0.25, -0.2) is 13.8 Å². The highest BCUT2D eigenvalue weighted by Crippen LogP contribution is 2.25. The first-order valence-electron chi connectivity index (χ1n) is 7.15. The monoisotopic (exact) mass is 323 g/mol. The minimum Gasteiger partial charge on any atom is -0.384 e. The minimum absolute atomic E-state index is 0.110. The summed E-state index contributed by atoms with van der Waals surface area (Å²) in [6.45, 7) is 0. The number of aromatic nitrogens is 4. The van der Waals surface area contributed by atoms with Crippen molar-refractivity contribution in [1.29, 1.82) is 0 Å².